The van der Waals surface area contributed by atoms with Gasteiger partial charge in [0.15, 0.2) is 0 Å². The van der Waals surface area contributed by atoms with E-state index in [0.717, 1.165) is 25.7 Å². The van der Waals surface area contributed by atoms with Crippen LogP contribution < -0.4 is 16.4 Å². The Bertz CT molecular complexity index is 333. The molecule has 2 amide bonds. The van der Waals surface area contributed by atoms with E-state index in [-0.39, 0.29) is 23.9 Å². The first kappa shape index (κ1) is 16.0. The van der Waals surface area contributed by atoms with E-state index in [1.807, 2.05) is 20.8 Å². The van der Waals surface area contributed by atoms with Crippen molar-refractivity contribution in [3.05, 3.63) is 0 Å². The Kier molecular flexibility index (Phi) is 5.79. The zero-order chi connectivity index (χ0) is 14.5. The van der Waals surface area contributed by atoms with Crippen molar-refractivity contribution >= 4 is 11.8 Å². The molecule has 0 aromatic carbocycles. The van der Waals surface area contributed by atoms with Gasteiger partial charge in [-0.15, -0.1) is 0 Å². The zero-order valence-corrected chi connectivity index (χ0v) is 12.3. The van der Waals surface area contributed by atoms with Crippen molar-refractivity contribution in [3.8, 4) is 0 Å². The Morgan fingerprint density at radius 2 is 2.16 bits per heavy atom. The normalized spacial score (nSPS) is 27.9. The maximum atomic E-state index is 12.1. The number of rotatable bonds is 6. The van der Waals surface area contributed by atoms with E-state index in [2.05, 4.69) is 10.6 Å². The molecule has 0 aliphatic heterocycles. The molecule has 0 radical (unpaired) electrons. The largest absolute Gasteiger partial charge is 0.355 e. The lowest BCUT2D eigenvalue weighted by atomic mass is 9.84. The lowest BCUT2D eigenvalue weighted by Crippen LogP contribution is -2.48. The van der Waals surface area contributed by atoms with E-state index in [0.29, 0.717) is 13.0 Å². The minimum Gasteiger partial charge on any atom is -0.355 e. The van der Waals surface area contributed by atoms with Crippen LogP contribution in [0.4, 0.5) is 0 Å². The molecule has 1 fully saturated rings. The van der Waals surface area contributed by atoms with Crippen molar-refractivity contribution in [1.29, 1.82) is 0 Å². The van der Waals surface area contributed by atoms with E-state index in [4.69, 9.17) is 5.73 Å². The first-order valence-corrected chi connectivity index (χ1v) is 7.23. The Morgan fingerprint density at radius 3 is 2.68 bits per heavy atom. The fraction of sp³-hybridized carbons (Fsp3) is 0.857. The highest BCUT2D eigenvalue weighted by Crippen LogP contribution is 2.36. The summed E-state index contributed by atoms with van der Waals surface area (Å²) < 4.78 is 0. The number of hydrogen-bond donors (Lipinski definition) is 3. The molecule has 1 aliphatic rings. The molecule has 19 heavy (non-hydrogen) atoms. The molecule has 5 nitrogen and oxygen atoms in total. The summed E-state index contributed by atoms with van der Waals surface area (Å²) in [4.78, 5) is 23.7. The topological polar surface area (TPSA) is 84.2 Å². The molecule has 0 aromatic heterocycles. The second-order valence-electron chi connectivity index (χ2n) is 5.80. The number of amides is 2. The first-order chi connectivity index (χ1) is 8.90. The SMILES string of the molecule is CCC(C)NC(=O)CCNC(=O)C1(C)CCCC1N. The van der Waals surface area contributed by atoms with Crippen molar-refractivity contribution in [2.45, 2.75) is 65.0 Å². The molecule has 0 spiro atoms. The molecule has 110 valence electrons. The number of nitrogens with one attached hydrogen (secondary N) is 2. The number of carbonyl (C=O) groups is 2. The molecule has 1 aliphatic carbocycles. The third-order valence-corrected chi connectivity index (χ3v) is 4.21. The summed E-state index contributed by atoms with van der Waals surface area (Å²) in [7, 11) is 0. The Hall–Kier alpha value is -1.10. The monoisotopic (exact) mass is 269 g/mol. The van der Waals surface area contributed by atoms with Crippen molar-refractivity contribution in [2.24, 2.45) is 11.1 Å². The number of hydrogen-bond acceptors (Lipinski definition) is 3. The Morgan fingerprint density at radius 1 is 1.47 bits per heavy atom. The minimum atomic E-state index is -0.465. The molecule has 0 bridgehead atoms. The van der Waals surface area contributed by atoms with Crippen LogP contribution in [0.15, 0.2) is 0 Å². The van der Waals surface area contributed by atoms with Gasteiger partial charge in [0.1, 0.15) is 0 Å². The molecular weight excluding hydrogens is 242 g/mol. The molecule has 0 aromatic rings. The molecule has 3 unspecified atom stereocenters. The predicted molar refractivity (Wildman–Crippen MR) is 75.5 cm³/mol. The van der Waals surface area contributed by atoms with Gasteiger partial charge in [0.05, 0.1) is 5.41 Å². The van der Waals surface area contributed by atoms with Gasteiger partial charge in [-0.3, -0.25) is 9.59 Å². The summed E-state index contributed by atoms with van der Waals surface area (Å²) in [5.74, 6) is -0.0376. The lowest BCUT2D eigenvalue weighted by Gasteiger charge is -2.27. The van der Waals surface area contributed by atoms with Gasteiger partial charge in [0.25, 0.3) is 0 Å². The Labute approximate surface area is 115 Å². The predicted octanol–water partition coefficient (Wildman–Crippen LogP) is 0.925. The van der Waals surface area contributed by atoms with Crippen molar-refractivity contribution in [2.75, 3.05) is 6.54 Å². The average Bonchev–Trinajstić information content (AvgIpc) is 2.70. The van der Waals surface area contributed by atoms with E-state index in [9.17, 15) is 9.59 Å². The zero-order valence-electron chi connectivity index (χ0n) is 12.3. The maximum Gasteiger partial charge on any atom is 0.227 e. The number of carbonyl (C=O) groups excluding carboxylic acids is 2. The first-order valence-electron chi connectivity index (χ1n) is 7.23. The van der Waals surface area contributed by atoms with E-state index < -0.39 is 5.41 Å². The van der Waals surface area contributed by atoms with Gasteiger partial charge in [-0.05, 0) is 33.1 Å². The van der Waals surface area contributed by atoms with Crippen LogP contribution >= 0.6 is 0 Å². The minimum absolute atomic E-state index is 0.0180. The third kappa shape index (κ3) is 4.20. The summed E-state index contributed by atoms with van der Waals surface area (Å²) in [5, 5.41) is 5.71. The summed E-state index contributed by atoms with van der Waals surface area (Å²) in [6.07, 6.45) is 3.96. The van der Waals surface area contributed by atoms with Gasteiger partial charge >= 0.3 is 0 Å². The smallest absolute Gasteiger partial charge is 0.227 e. The van der Waals surface area contributed by atoms with Crippen LogP contribution in [0.5, 0.6) is 0 Å². The van der Waals surface area contributed by atoms with E-state index in [1.54, 1.807) is 0 Å². The molecule has 1 rings (SSSR count). The highest BCUT2D eigenvalue weighted by atomic mass is 16.2. The van der Waals surface area contributed by atoms with Gasteiger partial charge in [-0.25, -0.2) is 0 Å². The highest BCUT2D eigenvalue weighted by Gasteiger charge is 2.42. The van der Waals surface area contributed by atoms with Crippen molar-refractivity contribution in [1.82, 2.24) is 10.6 Å². The summed E-state index contributed by atoms with van der Waals surface area (Å²) in [6.45, 7) is 6.28. The van der Waals surface area contributed by atoms with Crippen LogP contribution in [0.1, 0.15) is 52.9 Å². The van der Waals surface area contributed by atoms with Gasteiger partial charge in [0, 0.05) is 25.0 Å². The van der Waals surface area contributed by atoms with Crippen molar-refractivity contribution in [3.63, 3.8) is 0 Å². The highest BCUT2D eigenvalue weighted by molar-refractivity contribution is 5.84. The fourth-order valence-electron chi connectivity index (χ4n) is 2.42. The third-order valence-electron chi connectivity index (χ3n) is 4.21. The molecule has 1 saturated carbocycles. The van der Waals surface area contributed by atoms with Gasteiger partial charge in [-0.2, -0.15) is 0 Å². The van der Waals surface area contributed by atoms with Crippen LogP contribution in [0.25, 0.3) is 0 Å². The van der Waals surface area contributed by atoms with Gasteiger partial charge in [0.2, 0.25) is 11.8 Å². The van der Waals surface area contributed by atoms with E-state index in [1.165, 1.54) is 0 Å². The van der Waals surface area contributed by atoms with Crippen LogP contribution in [0.2, 0.25) is 0 Å². The van der Waals surface area contributed by atoms with E-state index >= 15 is 0 Å². The molecule has 5 heteroatoms. The second-order valence-corrected chi connectivity index (χ2v) is 5.80. The maximum absolute atomic E-state index is 12.1. The van der Waals surface area contributed by atoms with Crippen LogP contribution in [0.3, 0.4) is 0 Å². The lowest BCUT2D eigenvalue weighted by molar-refractivity contribution is -0.130. The molecule has 3 atom stereocenters. The van der Waals surface area contributed by atoms with Crippen molar-refractivity contribution < 1.29 is 9.59 Å². The second kappa shape index (κ2) is 6.89. The quantitative estimate of drug-likeness (QED) is 0.670. The standard InChI is InChI=1S/C14H27N3O2/c1-4-10(2)17-12(18)7-9-16-13(19)14(3)8-5-6-11(14)15/h10-11H,4-9,15H2,1-3H3,(H,16,19)(H,17,18). The summed E-state index contributed by atoms with van der Waals surface area (Å²) in [6, 6.07) is 0.116. The average molecular weight is 269 g/mol. The van der Waals surface area contributed by atoms with Crippen LogP contribution in [0, 0.1) is 5.41 Å². The number of nitrogens with two attached hydrogens (primary N) is 1. The molecule has 4 N–H and O–H groups in total. The summed E-state index contributed by atoms with van der Waals surface area (Å²) in [5.41, 5.74) is 5.52. The summed E-state index contributed by atoms with van der Waals surface area (Å²) >= 11 is 0. The molecule has 0 saturated heterocycles. The molecular formula is C14H27N3O2. The van der Waals surface area contributed by atoms with Gasteiger partial charge < -0.3 is 16.4 Å². The van der Waals surface area contributed by atoms with Crippen LogP contribution in [-0.4, -0.2) is 30.4 Å². The Balaban J connectivity index is 2.29. The molecule has 0 heterocycles. The van der Waals surface area contributed by atoms with Gasteiger partial charge in [-0.1, -0.05) is 13.3 Å². The fourth-order valence-corrected chi connectivity index (χ4v) is 2.42. The van der Waals surface area contributed by atoms with Crippen LogP contribution in [-0.2, 0) is 9.59 Å².